The van der Waals surface area contributed by atoms with Crippen LogP contribution in [0.3, 0.4) is 0 Å². The van der Waals surface area contributed by atoms with Crippen LogP contribution in [0.2, 0.25) is 0 Å². The summed E-state index contributed by atoms with van der Waals surface area (Å²) in [6, 6.07) is 8.99. The van der Waals surface area contributed by atoms with E-state index in [1.165, 1.54) is 10.5 Å². The molecule has 2 rings (SSSR count). The molecule has 6 heteroatoms. The summed E-state index contributed by atoms with van der Waals surface area (Å²) in [5, 5.41) is 2.86. The molecule has 0 bridgehead atoms. The Morgan fingerprint density at radius 2 is 1.76 bits per heavy atom. The maximum absolute atomic E-state index is 12.2. The van der Waals surface area contributed by atoms with Gasteiger partial charge in [0.25, 0.3) is 5.91 Å². The highest BCUT2D eigenvalue weighted by Gasteiger charge is 2.10. The zero-order valence-electron chi connectivity index (χ0n) is 15.3. The molecule has 1 N–H and O–H groups in total. The van der Waals surface area contributed by atoms with Crippen molar-refractivity contribution >= 4 is 17.5 Å². The number of amides is 2. The standard InChI is InChI=1S/C19H26N4O2/c1-5-23-11-10-15(13-23)12-22(4)14-18(24)20-17-8-6-16(7-9-17)19(25)21(2)3/h6-11,13H,5,12,14H2,1-4H3,(H,20,24). The van der Waals surface area contributed by atoms with Crippen LogP contribution in [0.1, 0.15) is 22.8 Å². The third-order valence-electron chi connectivity index (χ3n) is 3.86. The van der Waals surface area contributed by atoms with E-state index in [0.717, 1.165) is 13.1 Å². The molecule has 0 unspecified atom stereocenters. The molecule has 0 atom stereocenters. The molecule has 0 saturated heterocycles. The molecule has 0 fully saturated rings. The number of hydrogen-bond donors (Lipinski definition) is 1. The topological polar surface area (TPSA) is 57.6 Å². The fourth-order valence-electron chi connectivity index (χ4n) is 2.55. The highest BCUT2D eigenvalue weighted by molar-refractivity contribution is 5.95. The van der Waals surface area contributed by atoms with Gasteiger partial charge in [0.15, 0.2) is 0 Å². The van der Waals surface area contributed by atoms with Crippen molar-refractivity contribution < 1.29 is 9.59 Å². The summed E-state index contributed by atoms with van der Waals surface area (Å²) in [6.45, 7) is 4.06. The van der Waals surface area contributed by atoms with E-state index in [1.54, 1.807) is 38.4 Å². The van der Waals surface area contributed by atoms with E-state index in [0.29, 0.717) is 17.8 Å². The molecule has 0 aliphatic carbocycles. The third-order valence-corrected chi connectivity index (χ3v) is 3.86. The van der Waals surface area contributed by atoms with Crippen molar-refractivity contribution in [2.75, 3.05) is 33.0 Å². The molecule has 1 heterocycles. The number of likely N-dealkylation sites (N-methyl/N-ethyl adjacent to an activating group) is 1. The lowest BCUT2D eigenvalue weighted by Gasteiger charge is -2.16. The van der Waals surface area contributed by atoms with Crippen molar-refractivity contribution in [3.63, 3.8) is 0 Å². The van der Waals surface area contributed by atoms with Gasteiger partial charge in [-0.15, -0.1) is 0 Å². The van der Waals surface area contributed by atoms with E-state index in [2.05, 4.69) is 29.1 Å². The van der Waals surface area contributed by atoms with Crippen LogP contribution in [0, 0.1) is 0 Å². The van der Waals surface area contributed by atoms with Crippen molar-refractivity contribution in [3.05, 3.63) is 53.9 Å². The van der Waals surface area contributed by atoms with Crippen molar-refractivity contribution in [2.24, 2.45) is 0 Å². The lowest BCUT2D eigenvalue weighted by Crippen LogP contribution is -2.29. The number of rotatable bonds is 7. The van der Waals surface area contributed by atoms with Gasteiger partial charge >= 0.3 is 0 Å². The van der Waals surface area contributed by atoms with Gasteiger partial charge in [-0.1, -0.05) is 0 Å². The number of benzene rings is 1. The quantitative estimate of drug-likeness (QED) is 0.840. The van der Waals surface area contributed by atoms with Crippen LogP contribution in [0.5, 0.6) is 0 Å². The maximum Gasteiger partial charge on any atom is 0.253 e. The molecule has 6 nitrogen and oxygen atoms in total. The van der Waals surface area contributed by atoms with Crippen LogP contribution in [-0.4, -0.2) is 53.9 Å². The second kappa shape index (κ2) is 8.48. The summed E-state index contributed by atoms with van der Waals surface area (Å²) in [5.41, 5.74) is 2.47. The van der Waals surface area contributed by atoms with Crippen LogP contribution >= 0.6 is 0 Å². The average molecular weight is 342 g/mol. The van der Waals surface area contributed by atoms with Gasteiger partial charge in [-0.2, -0.15) is 0 Å². The predicted molar refractivity (Wildman–Crippen MR) is 99.5 cm³/mol. The number of hydrogen-bond acceptors (Lipinski definition) is 3. The highest BCUT2D eigenvalue weighted by Crippen LogP contribution is 2.11. The normalized spacial score (nSPS) is 10.8. The second-order valence-corrected chi connectivity index (χ2v) is 6.35. The Balaban J connectivity index is 1.85. The van der Waals surface area contributed by atoms with Crippen LogP contribution < -0.4 is 5.32 Å². The van der Waals surface area contributed by atoms with Crippen LogP contribution in [-0.2, 0) is 17.9 Å². The Bertz CT molecular complexity index is 719. The number of aromatic nitrogens is 1. The van der Waals surface area contributed by atoms with Gasteiger partial charge in [0, 0.05) is 50.8 Å². The number of nitrogens with zero attached hydrogens (tertiary/aromatic N) is 3. The molecule has 134 valence electrons. The first-order valence-electron chi connectivity index (χ1n) is 8.33. The molecule has 1 aromatic carbocycles. The van der Waals surface area contributed by atoms with Crippen LogP contribution in [0.15, 0.2) is 42.7 Å². The molecule has 2 aromatic rings. The smallest absolute Gasteiger partial charge is 0.253 e. The summed E-state index contributed by atoms with van der Waals surface area (Å²) in [7, 11) is 5.34. The average Bonchev–Trinajstić information content (AvgIpc) is 3.02. The van der Waals surface area contributed by atoms with E-state index in [4.69, 9.17) is 0 Å². The molecule has 1 aromatic heterocycles. The molecule has 0 aliphatic rings. The molecule has 0 radical (unpaired) electrons. The zero-order chi connectivity index (χ0) is 18.4. The Labute approximate surface area is 149 Å². The minimum atomic E-state index is -0.0795. The number of anilines is 1. The van der Waals surface area contributed by atoms with Crippen molar-refractivity contribution in [1.82, 2.24) is 14.4 Å². The summed E-state index contributed by atoms with van der Waals surface area (Å²) < 4.78 is 2.11. The van der Waals surface area contributed by atoms with E-state index in [9.17, 15) is 9.59 Å². The number of carbonyl (C=O) groups excluding carboxylic acids is 2. The second-order valence-electron chi connectivity index (χ2n) is 6.35. The molecular formula is C19H26N4O2. The van der Waals surface area contributed by atoms with E-state index < -0.39 is 0 Å². The molecule has 25 heavy (non-hydrogen) atoms. The van der Waals surface area contributed by atoms with Gasteiger partial charge in [-0.3, -0.25) is 14.5 Å². The number of carbonyl (C=O) groups is 2. The molecule has 0 aliphatic heterocycles. The monoisotopic (exact) mass is 342 g/mol. The van der Waals surface area contributed by atoms with E-state index in [-0.39, 0.29) is 11.8 Å². The van der Waals surface area contributed by atoms with Gasteiger partial charge in [0.1, 0.15) is 0 Å². The lowest BCUT2D eigenvalue weighted by molar-refractivity contribution is -0.117. The van der Waals surface area contributed by atoms with Crippen molar-refractivity contribution in [3.8, 4) is 0 Å². The predicted octanol–water partition coefficient (Wildman–Crippen LogP) is 2.28. The van der Waals surface area contributed by atoms with E-state index in [1.807, 2.05) is 18.1 Å². The van der Waals surface area contributed by atoms with Gasteiger partial charge in [0.05, 0.1) is 6.54 Å². The minimum Gasteiger partial charge on any atom is -0.354 e. The molecule has 0 saturated carbocycles. The number of aryl methyl sites for hydroxylation is 1. The first-order chi connectivity index (χ1) is 11.9. The fourth-order valence-corrected chi connectivity index (χ4v) is 2.55. The third kappa shape index (κ3) is 5.46. The SMILES string of the molecule is CCn1ccc(CN(C)CC(=O)Nc2ccc(C(=O)N(C)C)cc2)c1. The fraction of sp³-hybridized carbons (Fsp3) is 0.368. The van der Waals surface area contributed by atoms with Crippen LogP contribution in [0.4, 0.5) is 5.69 Å². The minimum absolute atomic E-state index is 0.0587. The largest absolute Gasteiger partial charge is 0.354 e. The Kier molecular flexibility index (Phi) is 6.36. The van der Waals surface area contributed by atoms with Gasteiger partial charge < -0.3 is 14.8 Å². The summed E-state index contributed by atoms with van der Waals surface area (Å²) in [4.78, 5) is 27.5. The molecule has 2 amide bonds. The Hall–Kier alpha value is -2.60. The van der Waals surface area contributed by atoms with Gasteiger partial charge in [-0.25, -0.2) is 0 Å². The first kappa shape index (κ1) is 18.7. The summed E-state index contributed by atoms with van der Waals surface area (Å²) in [6.07, 6.45) is 4.13. The first-order valence-corrected chi connectivity index (χ1v) is 8.33. The van der Waals surface area contributed by atoms with E-state index >= 15 is 0 Å². The summed E-state index contributed by atoms with van der Waals surface area (Å²) >= 11 is 0. The Morgan fingerprint density at radius 1 is 1.08 bits per heavy atom. The summed E-state index contributed by atoms with van der Waals surface area (Å²) in [5.74, 6) is -0.138. The van der Waals surface area contributed by atoms with Crippen LogP contribution in [0.25, 0.3) is 0 Å². The highest BCUT2D eigenvalue weighted by atomic mass is 16.2. The zero-order valence-corrected chi connectivity index (χ0v) is 15.3. The lowest BCUT2D eigenvalue weighted by atomic mass is 10.2. The molecule has 0 spiro atoms. The maximum atomic E-state index is 12.2. The van der Waals surface area contributed by atoms with Gasteiger partial charge in [-0.05, 0) is 49.9 Å². The Morgan fingerprint density at radius 3 is 2.32 bits per heavy atom. The van der Waals surface area contributed by atoms with Crippen molar-refractivity contribution in [2.45, 2.75) is 20.0 Å². The van der Waals surface area contributed by atoms with Crippen molar-refractivity contribution in [1.29, 1.82) is 0 Å². The number of nitrogens with one attached hydrogen (secondary N) is 1. The van der Waals surface area contributed by atoms with Gasteiger partial charge in [0.2, 0.25) is 5.91 Å². The molecular weight excluding hydrogens is 316 g/mol.